The molecule has 1 aliphatic rings. The summed E-state index contributed by atoms with van der Waals surface area (Å²) < 4.78 is 0. The Bertz CT molecular complexity index is 748. The zero-order chi connectivity index (χ0) is 18.5. The number of nitrogens with zero attached hydrogens (tertiary/aromatic N) is 2. The molecule has 0 saturated carbocycles. The van der Waals surface area contributed by atoms with E-state index in [0.29, 0.717) is 26.2 Å². The number of hydrogen-bond acceptors (Lipinski definition) is 3. The first-order chi connectivity index (χ1) is 12.5. The lowest BCUT2D eigenvalue weighted by molar-refractivity contribution is -0.148. The molecule has 0 spiro atoms. The van der Waals surface area contributed by atoms with Crippen molar-refractivity contribution in [2.75, 3.05) is 20.1 Å². The molecule has 2 unspecified atom stereocenters. The molecule has 3 rings (SSSR count). The number of carboxylic acids is 1. The van der Waals surface area contributed by atoms with Crippen molar-refractivity contribution in [1.82, 2.24) is 9.80 Å². The van der Waals surface area contributed by atoms with Crippen molar-refractivity contribution in [3.8, 4) is 0 Å². The Morgan fingerprint density at radius 2 is 1.50 bits per heavy atom. The Kier molecular flexibility index (Phi) is 5.68. The smallest absolute Gasteiger partial charge is 0.308 e. The lowest BCUT2D eigenvalue weighted by atomic mass is 9.95. The van der Waals surface area contributed by atoms with Gasteiger partial charge in [0.1, 0.15) is 0 Å². The lowest BCUT2D eigenvalue weighted by Crippen LogP contribution is -2.38. The van der Waals surface area contributed by atoms with Crippen LogP contribution in [0.2, 0.25) is 0 Å². The van der Waals surface area contributed by atoms with Crippen molar-refractivity contribution in [3.05, 3.63) is 71.8 Å². The van der Waals surface area contributed by atoms with Gasteiger partial charge < -0.3 is 10.0 Å². The minimum Gasteiger partial charge on any atom is -0.481 e. The molecule has 5 heteroatoms. The maximum absolute atomic E-state index is 12.9. The fourth-order valence-corrected chi connectivity index (χ4v) is 3.57. The number of rotatable bonds is 6. The standard InChI is InChI=1S/C21H24N2O3/c1-22(12-16-8-4-2-5-9-16)20(24)18-14-23(15-19(18)21(25)26)13-17-10-6-3-7-11-17/h2-11,18-19H,12-15H2,1H3,(H,25,26). The van der Waals surface area contributed by atoms with E-state index >= 15 is 0 Å². The molecule has 1 saturated heterocycles. The van der Waals surface area contributed by atoms with Crippen LogP contribution in [0.5, 0.6) is 0 Å². The van der Waals surface area contributed by atoms with E-state index in [2.05, 4.69) is 4.90 Å². The van der Waals surface area contributed by atoms with E-state index in [4.69, 9.17) is 0 Å². The first-order valence-corrected chi connectivity index (χ1v) is 8.82. The highest BCUT2D eigenvalue weighted by Crippen LogP contribution is 2.27. The van der Waals surface area contributed by atoms with Crippen LogP contribution < -0.4 is 0 Å². The summed E-state index contributed by atoms with van der Waals surface area (Å²) in [4.78, 5) is 28.3. The zero-order valence-corrected chi connectivity index (χ0v) is 14.9. The van der Waals surface area contributed by atoms with Gasteiger partial charge in [-0.25, -0.2) is 0 Å². The molecule has 1 N–H and O–H groups in total. The van der Waals surface area contributed by atoms with Crippen LogP contribution in [0, 0.1) is 11.8 Å². The predicted molar refractivity (Wildman–Crippen MR) is 99.3 cm³/mol. The Labute approximate surface area is 153 Å². The average Bonchev–Trinajstić information content (AvgIpc) is 3.07. The number of aliphatic carboxylic acids is 1. The lowest BCUT2D eigenvalue weighted by Gasteiger charge is -2.23. The second kappa shape index (κ2) is 8.15. The number of amides is 1. The quantitative estimate of drug-likeness (QED) is 0.868. The molecule has 2 aromatic carbocycles. The fraction of sp³-hybridized carbons (Fsp3) is 0.333. The molecule has 0 bridgehead atoms. The van der Waals surface area contributed by atoms with Gasteiger partial charge in [0.2, 0.25) is 5.91 Å². The summed E-state index contributed by atoms with van der Waals surface area (Å²) in [5.41, 5.74) is 2.16. The van der Waals surface area contributed by atoms with Crippen molar-refractivity contribution >= 4 is 11.9 Å². The van der Waals surface area contributed by atoms with E-state index < -0.39 is 17.8 Å². The van der Waals surface area contributed by atoms with Crippen molar-refractivity contribution < 1.29 is 14.7 Å². The average molecular weight is 352 g/mol. The maximum atomic E-state index is 12.9. The highest BCUT2D eigenvalue weighted by atomic mass is 16.4. The normalized spacial score (nSPS) is 20.0. The first-order valence-electron chi connectivity index (χ1n) is 8.82. The summed E-state index contributed by atoms with van der Waals surface area (Å²) in [6, 6.07) is 19.7. The van der Waals surface area contributed by atoms with E-state index in [1.54, 1.807) is 11.9 Å². The highest BCUT2D eigenvalue weighted by molar-refractivity contribution is 5.85. The summed E-state index contributed by atoms with van der Waals surface area (Å²) in [5.74, 6) is -2.17. The largest absolute Gasteiger partial charge is 0.481 e. The monoisotopic (exact) mass is 352 g/mol. The zero-order valence-electron chi connectivity index (χ0n) is 14.9. The number of likely N-dealkylation sites (tertiary alicyclic amines) is 1. The summed E-state index contributed by atoms with van der Waals surface area (Å²) in [5, 5.41) is 9.59. The van der Waals surface area contributed by atoms with E-state index in [-0.39, 0.29) is 5.91 Å². The molecule has 2 atom stereocenters. The van der Waals surface area contributed by atoms with Gasteiger partial charge in [0.15, 0.2) is 0 Å². The van der Waals surface area contributed by atoms with Crippen molar-refractivity contribution in [3.63, 3.8) is 0 Å². The number of carboxylic acid groups (broad SMARTS) is 1. The molecule has 1 amide bonds. The van der Waals surface area contributed by atoms with Crippen LogP contribution in [0.25, 0.3) is 0 Å². The molecule has 136 valence electrons. The second-order valence-electron chi connectivity index (χ2n) is 6.91. The first kappa shape index (κ1) is 18.1. The number of benzene rings is 2. The minimum atomic E-state index is -0.896. The molecule has 1 heterocycles. The van der Waals surface area contributed by atoms with Crippen LogP contribution in [-0.2, 0) is 22.7 Å². The van der Waals surface area contributed by atoms with E-state index in [0.717, 1.165) is 11.1 Å². The fourth-order valence-electron chi connectivity index (χ4n) is 3.57. The summed E-state index contributed by atoms with van der Waals surface area (Å²) in [6.45, 7) is 2.03. The van der Waals surface area contributed by atoms with Gasteiger partial charge in [0.05, 0.1) is 11.8 Å². The number of carbonyl (C=O) groups excluding carboxylic acids is 1. The van der Waals surface area contributed by atoms with Crippen LogP contribution in [0.15, 0.2) is 60.7 Å². The SMILES string of the molecule is CN(Cc1ccccc1)C(=O)C1CN(Cc2ccccc2)CC1C(=O)O. The van der Waals surface area contributed by atoms with Crippen LogP contribution in [0.1, 0.15) is 11.1 Å². The van der Waals surface area contributed by atoms with Crippen LogP contribution >= 0.6 is 0 Å². The topological polar surface area (TPSA) is 60.9 Å². The maximum Gasteiger partial charge on any atom is 0.308 e. The molecule has 1 aliphatic heterocycles. The third-order valence-corrected chi connectivity index (χ3v) is 4.92. The Morgan fingerprint density at radius 3 is 2.08 bits per heavy atom. The van der Waals surface area contributed by atoms with Gasteiger partial charge in [-0.05, 0) is 11.1 Å². The molecule has 5 nitrogen and oxygen atoms in total. The van der Waals surface area contributed by atoms with Gasteiger partial charge in [-0.3, -0.25) is 14.5 Å². The van der Waals surface area contributed by atoms with Crippen LogP contribution in [0.4, 0.5) is 0 Å². The summed E-state index contributed by atoms with van der Waals surface area (Å²) in [6.07, 6.45) is 0. The molecule has 0 radical (unpaired) electrons. The summed E-state index contributed by atoms with van der Waals surface area (Å²) in [7, 11) is 1.74. The van der Waals surface area contributed by atoms with Crippen molar-refractivity contribution in [2.45, 2.75) is 13.1 Å². The van der Waals surface area contributed by atoms with Crippen LogP contribution in [0.3, 0.4) is 0 Å². The number of carbonyl (C=O) groups is 2. The molecule has 0 aromatic heterocycles. The van der Waals surface area contributed by atoms with Crippen molar-refractivity contribution in [2.24, 2.45) is 11.8 Å². The van der Waals surface area contributed by atoms with Gasteiger partial charge in [-0.2, -0.15) is 0 Å². The van der Waals surface area contributed by atoms with Gasteiger partial charge in [0.25, 0.3) is 0 Å². The van der Waals surface area contributed by atoms with Crippen LogP contribution in [-0.4, -0.2) is 46.9 Å². The third-order valence-electron chi connectivity index (χ3n) is 4.92. The molecule has 1 fully saturated rings. The van der Waals surface area contributed by atoms with E-state index in [1.807, 2.05) is 60.7 Å². The Morgan fingerprint density at radius 1 is 0.962 bits per heavy atom. The number of hydrogen-bond donors (Lipinski definition) is 1. The van der Waals surface area contributed by atoms with Gasteiger partial charge in [-0.15, -0.1) is 0 Å². The highest BCUT2D eigenvalue weighted by Gasteiger charge is 2.42. The van der Waals surface area contributed by atoms with Crippen molar-refractivity contribution in [1.29, 1.82) is 0 Å². The van der Waals surface area contributed by atoms with Gasteiger partial charge >= 0.3 is 5.97 Å². The predicted octanol–water partition coefficient (Wildman–Crippen LogP) is 2.48. The third kappa shape index (κ3) is 4.29. The van der Waals surface area contributed by atoms with E-state index in [9.17, 15) is 14.7 Å². The molecule has 2 aromatic rings. The Balaban J connectivity index is 1.68. The molecular weight excluding hydrogens is 328 g/mol. The van der Waals surface area contributed by atoms with E-state index in [1.165, 1.54) is 0 Å². The Hall–Kier alpha value is -2.66. The second-order valence-corrected chi connectivity index (χ2v) is 6.91. The van der Waals surface area contributed by atoms with Gasteiger partial charge in [-0.1, -0.05) is 60.7 Å². The molecular formula is C21H24N2O3. The summed E-state index contributed by atoms with van der Waals surface area (Å²) >= 11 is 0. The molecule has 26 heavy (non-hydrogen) atoms. The minimum absolute atomic E-state index is 0.100. The van der Waals surface area contributed by atoms with Gasteiger partial charge in [0, 0.05) is 33.2 Å². The molecule has 0 aliphatic carbocycles.